The van der Waals surface area contributed by atoms with Crippen molar-refractivity contribution in [1.82, 2.24) is 0 Å². The minimum absolute atomic E-state index is 0.439. The Morgan fingerprint density at radius 3 is 2.68 bits per heavy atom. The second-order valence-electron chi connectivity index (χ2n) is 4.43. The maximum atomic E-state index is 5.95. The summed E-state index contributed by atoms with van der Waals surface area (Å²) in [4.78, 5) is 0. The van der Waals surface area contributed by atoms with E-state index >= 15 is 0 Å². The molecule has 19 heavy (non-hydrogen) atoms. The van der Waals surface area contributed by atoms with E-state index in [2.05, 4.69) is 0 Å². The van der Waals surface area contributed by atoms with Gasteiger partial charge in [0, 0.05) is 12.7 Å². The van der Waals surface area contributed by atoms with E-state index in [1.165, 1.54) is 5.56 Å². The minimum Gasteiger partial charge on any atom is -0.457 e. The maximum absolute atomic E-state index is 5.95. The molecule has 0 aromatic heterocycles. The Kier molecular flexibility index (Phi) is 4.83. The second kappa shape index (κ2) is 6.60. The number of benzene rings is 2. The van der Waals surface area contributed by atoms with E-state index in [9.17, 15) is 0 Å². The number of methoxy groups -OCH3 is 1. The first-order valence-electron chi connectivity index (χ1n) is 6.14. The zero-order chi connectivity index (χ0) is 13.7. The summed E-state index contributed by atoms with van der Waals surface area (Å²) < 4.78 is 11.0. The fourth-order valence-electron chi connectivity index (χ4n) is 1.90. The molecule has 100 valence electrons. The number of rotatable bonds is 5. The molecule has 0 spiro atoms. The van der Waals surface area contributed by atoms with Gasteiger partial charge in [-0.2, -0.15) is 0 Å². The summed E-state index contributed by atoms with van der Waals surface area (Å²) in [5.74, 6) is 2.04. The van der Waals surface area contributed by atoms with Gasteiger partial charge in [0.15, 0.2) is 0 Å². The quantitative estimate of drug-likeness (QED) is 0.739. The van der Waals surface area contributed by atoms with E-state index in [0.717, 1.165) is 22.6 Å². The van der Waals surface area contributed by atoms with Crippen LogP contribution in [0.4, 0.5) is 0 Å². The van der Waals surface area contributed by atoms with Gasteiger partial charge in [0.2, 0.25) is 0 Å². The largest absolute Gasteiger partial charge is 0.457 e. The molecule has 0 unspecified atom stereocenters. The van der Waals surface area contributed by atoms with Crippen molar-refractivity contribution in [2.24, 2.45) is 0 Å². The zero-order valence-corrected chi connectivity index (χ0v) is 11.9. The summed E-state index contributed by atoms with van der Waals surface area (Å²) in [6, 6.07) is 13.9. The molecule has 0 radical (unpaired) electrons. The van der Waals surface area contributed by atoms with Crippen LogP contribution >= 0.6 is 11.6 Å². The Hall–Kier alpha value is -1.51. The van der Waals surface area contributed by atoms with Gasteiger partial charge in [-0.25, -0.2) is 0 Å². The van der Waals surface area contributed by atoms with Crippen molar-refractivity contribution in [2.75, 3.05) is 7.11 Å². The fourth-order valence-corrected chi connectivity index (χ4v) is 2.11. The van der Waals surface area contributed by atoms with Gasteiger partial charge in [0.25, 0.3) is 0 Å². The third kappa shape index (κ3) is 3.72. The molecule has 0 fully saturated rings. The van der Waals surface area contributed by atoms with E-state index in [4.69, 9.17) is 21.1 Å². The van der Waals surface area contributed by atoms with E-state index in [1.54, 1.807) is 7.11 Å². The van der Waals surface area contributed by atoms with Crippen molar-refractivity contribution in [3.05, 3.63) is 59.2 Å². The van der Waals surface area contributed by atoms with E-state index < -0.39 is 0 Å². The molecule has 0 atom stereocenters. The third-order valence-electron chi connectivity index (χ3n) is 2.80. The Labute approximate surface area is 118 Å². The predicted octanol–water partition coefficient (Wildman–Crippen LogP) is 4.67. The molecule has 0 saturated heterocycles. The van der Waals surface area contributed by atoms with Gasteiger partial charge in [-0.05, 0) is 30.7 Å². The summed E-state index contributed by atoms with van der Waals surface area (Å²) >= 11 is 5.95. The van der Waals surface area contributed by atoms with E-state index in [1.807, 2.05) is 49.4 Å². The Morgan fingerprint density at radius 1 is 1.11 bits per heavy atom. The molecule has 0 bridgehead atoms. The van der Waals surface area contributed by atoms with Crippen molar-refractivity contribution >= 4 is 11.6 Å². The average Bonchev–Trinajstić information content (AvgIpc) is 2.41. The lowest BCUT2D eigenvalue weighted by Crippen LogP contribution is -1.92. The second-order valence-corrected chi connectivity index (χ2v) is 4.69. The van der Waals surface area contributed by atoms with Crippen LogP contribution in [0, 0.1) is 6.92 Å². The first-order valence-corrected chi connectivity index (χ1v) is 6.67. The SMILES string of the molecule is COCc1cccc(Oc2ccc(C)cc2CCl)c1. The number of alkyl halides is 1. The van der Waals surface area contributed by atoms with Gasteiger partial charge in [0.05, 0.1) is 12.5 Å². The van der Waals surface area contributed by atoms with Gasteiger partial charge < -0.3 is 9.47 Å². The molecule has 0 aliphatic carbocycles. The average molecular weight is 277 g/mol. The van der Waals surface area contributed by atoms with Crippen molar-refractivity contribution in [1.29, 1.82) is 0 Å². The van der Waals surface area contributed by atoms with E-state index in [-0.39, 0.29) is 0 Å². The van der Waals surface area contributed by atoms with Crippen LogP contribution in [0.5, 0.6) is 11.5 Å². The lowest BCUT2D eigenvalue weighted by molar-refractivity contribution is 0.184. The maximum Gasteiger partial charge on any atom is 0.131 e. The van der Waals surface area contributed by atoms with Crippen LogP contribution in [0.1, 0.15) is 16.7 Å². The normalized spacial score (nSPS) is 10.5. The lowest BCUT2D eigenvalue weighted by atomic mass is 10.1. The molecule has 0 N–H and O–H groups in total. The molecule has 0 amide bonds. The Bertz CT molecular complexity index is 552. The first-order chi connectivity index (χ1) is 9.22. The van der Waals surface area contributed by atoms with Gasteiger partial charge in [0.1, 0.15) is 11.5 Å². The summed E-state index contributed by atoms with van der Waals surface area (Å²) in [5.41, 5.74) is 3.26. The topological polar surface area (TPSA) is 18.5 Å². The van der Waals surface area contributed by atoms with Crippen molar-refractivity contribution in [3.63, 3.8) is 0 Å². The van der Waals surface area contributed by atoms with Gasteiger partial charge >= 0.3 is 0 Å². The standard InChI is InChI=1S/C16H17ClO2/c1-12-6-7-16(14(8-12)10-17)19-15-5-3-4-13(9-15)11-18-2/h3-9H,10-11H2,1-2H3. The van der Waals surface area contributed by atoms with E-state index in [0.29, 0.717) is 12.5 Å². The molecule has 0 aliphatic heterocycles. The highest BCUT2D eigenvalue weighted by molar-refractivity contribution is 6.17. The van der Waals surface area contributed by atoms with Crippen LogP contribution in [-0.4, -0.2) is 7.11 Å². The molecule has 0 heterocycles. The van der Waals surface area contributed by atoms with Crippen LogP contribution in [0.15, 0.2) is 42.5 Å². The summed E-state index contributed by atoms with van der Waals surface area (Å²) in [6.45, 7) is 2.62. The highest BCUT2D eigenvalue weighted by Gasteiger charge is 2.05. The molecule has 3 heteroatoms. The van der Waals surface area contributed by atoms with Crippen LogP contribution < -0.4 is 4.74 Å². The zero-order valence-electron chi connectivity index (χ0n) is 11.2. The van der Waals surface area contributed by atoms with Gasteiger partial charge in [-0.15, -0.1) is 11.6 Å². The Balaban J connectivity index is 2.23. The molecule has 2 aromatic carbocycles. The van der Waals surface area contributed by atoms with Gasteiger partial charge in [-0.3, -0.25) is 0 Å². The lowest BCUT2D eigenvalue weighted by Gasteiger charge is -2.11. The predicted molar refractivity (Wildman–Crippen MR) is 78.0 cm³/mol. The third-order valence-corrected chi connectivity index (χ3v) is 3.09. The van der Waals surface area contributed by atoms with Crippen molar-refractivity contribution in [2.45, 2.75) is 19.4 Å². The van der Waals surface area contributed by atoms with Crippen molar-refractivity contribution < 1.29 is 9.47 Å². The summed E-state index contributed by atoms with van der Waals surface area (Å²) in [7, 11) is 1.68. The van der Waals surface area contributed by atoms with Gasteiger partial charge in [-0.1, -0.05) is 29.8 Å². The summed E-state index contributed by atoms with van der Waals surface area (Å²) in [5, 5.41) is 0. The molecular weight excluding hydrogens is 260 g/mol. The van der Waals surface area contributed by atoms with Crippen LogP contribution in [0.3, 0.4) is 0 Å². The highest BCUT2D eigenvalue weighted by atomic mass is 35.5. The highest BCUT2D eigenvalue weighted by Crippen LogP contribution is 2.28. The number of aryl methyl sites for hydroxylation is 1. The van der Waals surface area contributed by atoms with Crippen molar-refractivity contribution in [3.8, 4) is 11.5 Å². The minimum atomic E-state index is 0.439. The molecule has 2 nitrogen and oxygen atoms in total. The number of ether oxygens (including phenoxy) is 2. The van der Waals surface area contributed by atoms with Crippen LogP contribution in [0.2, 0.25) is 0 Å². The molecule has 0 aliphatic rings. The number of hydrogen-bond donors (Lipinski definition) is 0. The monoisotopic (exact) mass is 276 g/mol. The van der Waals surface area contributed by atoms with Crippen LogP contribution in [-0.2, 0) is 17.2 Å². The fraction of sp³-hybridized carbons (Fsp3) is 0.250. The molecule has 0 saturated carbocycles. The molecule has 2 rings (SSSR count). The molecular formula is C16H17ClO2. The number of halogens is 1. The molecule has 2 aromatic rings. The summed E-state index contributed by atoms with van der Waals surface area (Å²) in [6.07, 6.45) is 0. The first kappa shape index (κ1) is 13.9. The van der Waals surface area contributed by atoms with Crippen LogP contribution in [0.25, 0.3) is 0 Å². The smallest absolute Gasteiger partial charge is 0.131 e. The Morgan fingerprint density at radius 2 is 1.95 bits per heavy atom. The number of hydrogen-bond acceptors (Lipinski definition) is 2.